The van der Waals surface area contributed by atoms with Crippen LogP contribution in [0, 0.1) is 5.82 Å². The Kier molecular flexibility index (Phi) is 5.36. The van der Waals surface area contributed by atoms with Crippen LogP contribution in [0.4, 0.5) is 4.39 Å². The zero-order valence-electron chi connectivity index (χ0n) is 16.9. The lowest BCUT2D eigenvalue weighted by molar-refractivity contribution is 0.0524. The Balaban J connectivity index is 2.40. The minimum atomic E-state index is -0.348. The molecule has 0 saturated carbocycles. The molecule has 3 nitrogen and oxygen atoms in total. The number of esters is 1. The molecule has 1 aromatic heterocycles. The van der Waals surface area contributed by atoms with E-state index in [2.05, 4.69) is 13.8 Å². The van der Waals surface area contributed by atoms with Gasteiger partial charge in [0.1, 0.15) is 5.82 Å². The Morgan fingerprint density at radius 1 is 1.26 bits per heavy atom. The number of benzene rings is 1. The summed E-state index contributed by atoms with van der Waals surface area (Å²) in [6.45, 7) is 10.6. The van der Waals surface area contributed by atoms with Crippen molar-refractivity contribution in [2.45, 2.75) is 65.2 Å². The zero-order chi connectivity index (χ0) is 19.8. The van der Waals surface area contributed by atoms with Gasteiger partial charge in [0.15, 0.2) is 0 Å². The standard InChI is InChI=1S/C23H28FNO2/c1-6-27-22(26)19-18(15-9-11-16(24)12-10-15)17-8-7-13-23(4,5)21(17)25-20(19)14(2)3/h9-12,14H,6-8,13H2,1-5H3. The fourth-order valence-electron chi connectivity index (χ4n) is 4.03. The maximum Gasteiger partial charge on any atom is 0.340 e. The second-order valence-electron chi connectivity index (χ2n) is 8.19. The molecule has 0 saturated heterocycles. The fourth-order valence-corrected chi connectivity index (χ4v) is 4.03. The van der Waals surface area contributed by atoms with Gasteiger partial charge >= 0.3 is 5.97 Å². The number of ether oxygens (including phenoxy) is 1. The quantitative estimate of drug-likeness (QED) is 0.639. The van der Waals surface area contributed by atoms with E-state index in [4.69, 9.17) is 9.72 Å². The van der Waals surface area contributed by atoms with E-state index in [0.717, 1.165) is 47.3 Å². The molecule has 0 bridgehead atoms. The highest BCUT2D eigenvalue weighted by atomic mass is 19.1. The molecule has 4 heteroatoms. The average molecular weight is 369 g/mol. The minimum Gasteiger partial charge on any atom is -0.462 e. The average Bonchev–Trinajstić information content (AvgIpc) is 2.61. The molecule has 0 unspecified atom stereocenters. The summed E-state index contributed by atoms with van der Waals surface area (Å²) in [6.07, 6.45) is 2.97. The molecule has 144 valence electrons. The molecule has 0 atom stereocenters. The summed E-state index contributed by atoms with van der Waals surface area (Å²) >= 11 is 0. The lowest BCUT2D eigenvalue weighted by atomic mass is 9.72. The molecule has 0 N–H and O–H groups in total. The fraction of sp³-hybridized carbons (Fsp3) is 0.478. The third-order valence-electron chi connectivity index (χ3n) is 5.35. The van der Waals surface area contributed by atoms with Gasteiger partial charge in [-0.2, -0.15) is 0 Å². The molecular formula is C23H28FNO2. The summed E-state index contributed by atoms with van der Waals surface area (Å²) in [5.41, 5.74) is 5.12. The molecule has 1 aliphatic carbocycles. The van der Waals surface area contributed by atoms with Gasteiger partial charge < -0.3 is 4.74 Å². The molecule has 0 aliphatic heterocycles. The van der Waals surface area contributed by atoms with Gasteiger partial charge in [-0.1, -0.05) is 39.8 Å². The minimum absolute atomic E-state index is 0.0564. The van der Waals surface area contributed by atoms with Gasteiger partial charge in [0, 0.05) is 11.0 Å². The largest absolute Gasteiger partial charge is 0.462 e. The maximum absolute atomic E-state index is 13.5. The molecule has 27 heavy (non-hydrogen) atoms. The van der Waals surface area contributed by atoms with E-state index < -0.39 is 0 Å². The van der Waals surface area contributed by atoms with E-state index in [1.165, 1.54) is 12.1 Å². The molecule has 1 heterocycles. The highest BCUT2D eigenvalue weighted by molar-refractivity contribution is 6.00. The van der Waals surface area contributed by atoms with Crippen molar-refractivity contribution in [2.75, 3.05) is 6.61 Å². The van der Waals surface area contributed by atoms with Crippen LogP contribution in [-0.2, 0) is 16.6 Å². The summed E-state index contributed by atoms with van der Waals surface area (Å²) in [6, 6.07) is 6.39. The number of rotatable bonds is 4. The molecule has 0 amide bonds. The highest BCUT2D eigenvalue weighted by Crippen LogP contribution is 2.43. The first-order valence-corrected chi connectivity index (χ1v) is 9.76. The topological polar surface area (TPSA) is 39.2 Å². The smallest absolute Gasteiger partial charge is 0.340 e. The lowest BCUT2D eigenvalue weighted by Crippen LogP contribution is -2.29. The molecular weight excluding hydrogens is 341 g/mol. The van der Waals surface area contributed by atoms with Crippen LogP contribution < -0.4 is 0 Å². The number of pyridine rings is 1. The van der Waals surface area contributed by atoms with Gasteiger partial charge in [-0.3, -0.25) is 4.98 Å². The maximum atomic E-state index is 13.5. The van der Waals surface area contributed by atoms with Crippen molar-refractivity contribution in [3.63, 3.8) is 0 Å². The van der Waals surface area contributed by atoms with E-state index >= 15 is 0 Å². The molecule has 3 rings (SSSR count). The van der Waals surface area contributed by atoms with Gasteiger partial charge in [0.25, 0.3) is 0 Å². The van der Waals surface area contributed by atoms with Crippen LogP contribution in [0.5, 0.6) is 0 Å². The van der Waals surface area contributed by atoms with E-state index in [1.54, 1.807) is 19.1 Å². The van der Waals surface area contributed by atoms with Gasteiger partial charge in [-0.25, -0.2) is 9.18 Å². The molecule has 1 aliphatic rings. The van der Waals surface area contributed by atoms with Crippen LogP contribution in [0.1, 0.15) is 80.7 Å². The van der Waals surface area contributed by atoms with Gasteiger partial charge in [-0.05, 0) is 55.4 Å². The predicted molar refractivity (Wildman–Crippen MR) is 106 cm³/mol. The second kappa shape index (κ2) is 7.41. The second-order valence-corrected chi connectivity index (χ2v) is 8.19. The lowest BCUT2D eigenvalue weighted by Gasteiger charge is -2.34. The summed E-state index contributed by atoms with van der Waals surface area (Å²) in [5.74, 6) is -0.561. The SMILES string of the molecule is CCOC(=O)c1c(C(C)C)nc2c(c1-c1ccc(F)cc1)CCCC2(C)C. The highest BCUT2D eigenvalue weighted by Gasteiger charge is 2.35. The van der Waals surface area contributed by atoms with Crippen molar-refractivity contribution < 1.29 is 13.9 Å². The third-order valence-corrected chi connectivity index (χ3v) is 5.35. The Labute approximate surface area is 161 Å². The number of aromatic nitrogens is 1. The first-order valence-electron chi connectivity index (χ1n) is 9.76. The molecule has 0 radical (unpaired) electrons. The molecule has 2 aromatic rings. The predicted octanol–water partition coefficient (Wildman–Crippen LogP) is 5.80. The normalized spacial score (nSPS) is 15.5. The van der Waals surface area contributed by atoms with Crippen LogP contribution >= 0.6 is 0 Å². The first-order chi connectivity index (χ1) is 12.8. The van der Waals surface area contributed by atoms with Crippen molar-refractivity contribution in [2.24, 2.45) is 0 Å². The van der Waals surface area contributed by atoms with Gasteiger partial charge in [0.2, 0.25) is 0 Å². The van der Waals surface area contributed by atoms with E-state index in [0.29, 0.717) is 12.2 Å². The summed E-state index contributed by atoms with van der Waals surface area (Å²) in [7, 11) is 0. The number of hydrogen-bond acceptors (Lipinski definition) is 3. The van der Waals surface area contributed by atoms with Crippen LogP contribution in [-0.4, -0.2) is 17.6 Å². The third kappa shape index (κ3) is 3.62. The van der Waals surface area contributed by atoms with Crippen molar-refractivity contribution in [3.8, 4) is 11.1 Å². The summed E-state index contributed by atoms with van der Waals surface area (Å²) < 4.78 is 18.9. The van der Waals surface area contributed by atoms with E-state index in [1.807, 2.05) is 13.8 Å². The number of nitrogens with zero attached hydrogens (tertiary/aromatic N) is 1. The Morgan fingerprint density at radius 3 is 2.52 bits per heavy atom. The van der Waals surface area contributed by atoms with Crippen LogP contribution in [0.15, 0.2) is 24.3 Å². The number of halogens is 1. The van der Waals surface area contributed by atoms with Crippen molar-refractivity contribution >= 4 is 5.97 Å². The monoisotopic (exact) mass is 369 g/mol. The van der Waals surface area contributed by atoms with Crippen LogP contribution in [0.25, 0.3) is 11.1 Å². The molecule has 1 aromatic carbocycles. The Morgan fingerprint density at radius 2 is 1.93 bits per heavy atom. The summed E-state index contributed by atoms with van der Waals surface area (Å²) in [5, 5.41) is 0. The number of hydrogen-bond donors (Lipinski definition) is 0. The van der Waals surface area contributed by atoms with Crippen LogP contribution in [0.3, 0.4) is 0 Å². The van der Waals surface area contributed by atoms with E-state index in [-0.39, 0.29) is 23.1 Å². The van der Waals surface area contributed by atoms with Crippen molar-refractivity contribution in [1.82, 2.24) is 4.98 Å². The van der Waals surface area contributed by atoms with Gasteiger partial charge in [-0.15, -0.1) is 0 Å². The number of carbonyl (C=O) groups is 1. The zero-order valence-corrected chi connectivity index (χ0v) is 16.9. The molecule has 0 spiro atoms. The van der Waals surface area contributed by atoms with Gasteiger partial charge in [0.05, 0.1) is 23.6 Å². The van der Waals surface area contributed by atoms with Crippen molar-refractivity contribution in [3.05, 3.63) is 52.6 Å². The Bertz CT molecular complexity index is 854. The van der Waals surface area contributed by atoms with E-state index in [9.17, 15) is 9.18 Å². The molecule has 0 fully saturated rings. The van der Waals surface area contributed by atoms with Crippen LogP contribution in [0.2, 0.25) is 0 Å². The number of carbonyl (C=O) groups excluding carboxylic acids is 1. The van der Waals surface area contributed by atoms with Crippen molar-refractivity contribution in [1.29, 1.82) is 0 Å². The first kappa shape index (κ1) is 19.5. The number of fused-ring (bicyclic) bond motifs is 1. The Hall–Kier alpha value is -2.23. The summed E-state index contributed by atoms with van der Waals surface area (Å²) in [4.78, 5) is 17.9.